The molecule has 1 N–H and O–H groups in total. The van der Waals surface area contributed by atoms with Crippen molar-refractivity contribution in [2.45, 2.75) is 13.8 Å². The summed E-state index contributed by atoms with van der Waals surface area (Å²) in [5.74, 6) is -0.249. The van der Waals surface area contributed by atoms with E-state index in [1.807, 2.05) is 0 Å². The minimum Gasteiger partial charge on any atom is -0.497 e. The van der Waals surface area contributed by atoms with E-state index in [0.29, 0.717) is 27.6 Å². The lowest BCUT2D eigenvalue weighted by molar-refractivity contribution is 0.0527. The molecule has 1 amide bonds. The van der Waals surface area contributed by atoms with Crippen LogP contribution in [0.3, 0.4) is 0 Å². The number of hydrogen-bond donors (Lipinski definition) is 1. The number of ether oxygens (including phenoxy) is 2. The van der Waals surface area contributed by atoms with E-state index in [-0.39, 0.29) is 12.5 Å². The number of benzene rings is 1. The number of carbonyl (C=O) groups is 2. The summed E-state index contributed by atoms with van der Waals surface area (Å²) < 4.78 is 14.2. The Hall–Kier alpha value is -2.41. The number of aromatic nitrogens is 1. The van der Waals surface area contributed by atoms with Crippen LogP contribution in [0.4, 0.5) is 5.00 Å². The SMILES string of the molecule is CCOC(=O)c1c(C)nsc1NC(=O)c1cccc(OC)c1. The number of esters is 1. The number of aryl methyl sites for hydroxylation is 1. The quantitative estimate of drug-likeness (QED) is 0.857. The largest absolute Gasteiger partial charge is 0.497 e. The first kappa shape index (κ1) is 16.0. The first-order valence-corrected chi connectivity index (χ1v) is 7.43. The molecule has 0 aliphatic rings. The molecule has 2 aromatic rings. The zero-order valence-electron chi connectivity index (χ0n) is 12.5. The molecule has 0 saturated heterocycles. The van der Waals surface area contributed by atoms with Gasteiger partial charge < -0.3 is 14.8 Å². The van der Waals surface area contributed by atoms with E-state index in [1.54, 1.807) is 38.1 Å². The van der Waals surface area contributed by atoms with Crippen molar-refractivity contribution in [3.8, 4) is 5.75 Å². The molecule has 1 aromatic carbocycles. The van der Waals surface area contributed by atoms with Gasteiger partial charge in [0.25, 0.3) is 5.91 Å². The van der Waals surface area contributed by atoms with Crippen LogP contribution in [-0.2, 0) is 4.74 Å². The van der Waals surface area contributed by atoms with Gasteiger partial charge in [-0.3, -0.25) is 4.79 Å². The van der Waals surface area contributed by atoms with E-state index in [4.69, 9.17) is 9.47 Å². The Morgan fingerprint density at radius 2 is 2.14 bits per heavy atom. The van der Waals surface area contributed by atoms with Crippen molar-refractivity contribution in [3.05, 3.63) is 41.1 Å². The number of rotatable bonds is 5. The van der Waals surface area contributed by atoms with Gasteiger partial charge in [-0.2, -0.15) is 4.37 Å². The van der Waals surface area contributed by atoms with E-state index in [2.05, 4.69) is 9.69 Å². The normalized spacial score (nSPS) is 10.1. The third kappa shape index (κ3) is 3.43. The van der Waals surface area contributed by atoms with E-state index < -0.39 is 5.97 Å². The van der Waals surface area contributed by atoms with Crippen molar-refractivity contribution in [2.75, 3.05) is 19.0 Å². The second kappa shape index (κ2) is 7.04. The van der Waals surface area contributed by atoms with Crippen molar-refractivity contribution in [1.82, 2.24) is 4.37 Å². The fourth-order valence-electron chi connectivity index (χ4n) is 1.84. The van der Waals surface area contributed by atoms with Gasteiger partial charge in [0, 0.05) is 5.56 Å². The first-order valence-electron chi connectivity index (χ1n) is 6.65. The maximum Gasteiger partial charge on any atom is 0.343 e. The number of nitrogens with zero attached hydrogens (tertiary/aromatic N) is 1. The van der Waals surface area contributed by atoms with Gasteiger partial charge in [-0.25, -0.2) is 4.79 Å². The molecule has 0 saturated carbocycles. The smallest absolute Gasteiger partial charge is 0.343 e. The Balaban J connectivity index is 2.23. The van der Waals surface area contributed by atoms with Gasteiger partial charge >= 0.3 is 5.97 Å². The summed E-state index contributed by atoms with van der Waals surface area (Å²) in [5.41, 5.74) is 1.26. The molecule has 1 aromatic heterocycles. The van der Waals surface area contributed by atoms with E-state index in [9.17, 15) is 9.59 Å². The summed E-state index contributed by atoms with van der Waals surface area (Å²) >= 11 is 1.05. The number of hydrogen-bond acceptors (Lipinski definition) is 6. The van der Waals surface area contributed by atoms with Gasteiger partial charge in [-0.05, 0) is 43.6 Å². The van der Waals surface area contributed by atoms with Crippen LogP contribution in [0.2, 0.25) is 0 Å². The second-order valence-electron chi connectivity index (χ2n) is 4.38. The van der Waals surface area contributed by atoms with Crippen LogP contribution in [0.25, 0.3) is 0 Å². The van der Waals surface area contributed by atoms with Crippen LogP contribution >= 0.6 is 11.5 Å². The number of carbonyl (C=O) groups excluding carboxylic acids is 2. The minimum absolute atomic E-state index is 0.261. The van der Waals surface area contributed by atoms with Crippen molar-refractivity contribution in [1.29, 1.82) is 0 Å². The van der Waals surface area contributed by atoms with Crippen molar-refractivity contribution in [2.24, 2.45) is 0 Å². The highest BCUT2D eigenvalue weighted by molar-refractivity contribution is 7.11. The number of anilines is 1. The molecule has 0 fully saturated rings. The van der Waals surface area contributed by atoms with Gasteiger partial charge in [0.1, 0.15) is 16.3 Å². The summed E-state index contributed by atoms with van der Waals surface area (Å²) in [6, 6.07) is 6.75. The number of methoxy groups -OCH3 is 1. The first-order chi connectivity index (χ1) is 10.6. The van der Waals surface area contributed by atoms with Crippen LogP contribution in [0.1, 0.15) is 33.3 Å². The predicted molar refractivity (Wildman–Crippen MR) is 83.8 cm³/mol. The molecule has 0 radical (unpaired) electrons. The molecule has 0 aliphatic carbocycles. The maximum absolute atomic E-state index is 12.3. The molecule has 0 aliphatic heterocycles. The van der Waals surface area contributed by atoms with Crippen LogP contribution in [0.5, 0.6) is 5.75 Å². The Labute approximate surface area is 132 Å². The predicted octanol–water partition coefficient (Wildman–Crippen LogP) is 2.89. The zero-order chi connectivity index (χ0) is 16.1. The van der Waals surface area contributed by atoms with Crippen LogP contribution in [0, 0.1) is 6.92 Å². The van der Waals surface area contributed by atoms with Gasteiger partial charge in [-0.15, -0.1) is 0 Å². The Morgan fingerprint density at radius 3 is 2.82 bits per heavy atom. The molecule has 7 heteroatoms. The van der Waals surface area contributed by atoms with Gasteiger partial charge in [0.15, 0.2) is 0 Å². The average Bonchev–Trinajstić information content (AvgIpc) is 2.88. The Morgan fingerprint density at radius 1 is 1.36 bits per heavy atom. The lowest BCUT2D eigenvalue weighted by Gasteiger charge is -2.07. The number of nitrogens with one attached hydrogen (secondary N) is 1. The monoisotopic (exact) mass is 320 g/mol. The van der Waals surface area contributed by atoms with Gasteiger partial charge in [0.05, 0.1) is 19.4 Å². The molecule has 0 unspecified atom stereocenters. The lowest BCUT2D eigenvalue weighted by atomic mass is 10.2. The zero-order valence-corrected chi connectivity index (χ0v) is 13.3. The van der Waals surface area contributed by atoms with Gasteiger partial charge in [-0.1, -0.05) is 6.07 Å². The topological polar surface area (TPSA) is 77.5 Å². The highest BCUT2D eigenvalue weighted by Gasteiger charge is 2.21. The van der Waals surface area contributed by atoms with Crippen molar-refractivity contribution < 1.29 is 19.1 Å². The Kier molecular flexibility index (Phi) is 5.11. The standard InChI is InChI=1S/C15H16N2O4S/c1-4-21-15(19)12-9(2)17-22-14(12)16-13(18)10-6-5-7-11(8-10)20-3/h5-8H,4H2,1-3H3,(H,16,18). The number of amides is 1. The van der Waals surface area contributed by atoms with Crippen molar-refractivity contribution >= 4 is 28.4 Å². The molecule has 2 rings (SSSR count). The van der Waals surface area contributed by atoms with E-state index in [1.165, 1.54) is 7.11 Å². The molecule has 0 spiro atoms. The molecule has 0 atom stereocenters. The van der Waals surface area contributed by atoms with Gasteiger partial charge in [0.2, 0.25) is 0 Å². The van der Waals surface area contributed by atoms with Crippen LogP contribution in [-0.4, -0.2) is 30.0 Å². The third-order valence-electron chi connectivity index (χ3n) is 2.90. The summed E-state index contributed by atoms with van der Waals surface area (Å²) in [6.07, 6.45) is 0. The highest BCUT2D eigenvalue weighted by Crippen LogP contribution is 2.26. The van der Waals surface area contributed by atoms with E-state index >= 15 is 0 Å². The fourth-order valence-corrected chi connectivity index (χ4v) is 2.62. The summed E-state index contributed by atoms with van der Waals surface area (Å²) in [4.78, 5) is 24.2. The lowest BCUT2D eigenvalue weighted by Crippen LogP contribution is -2.15. The molecular weight excluding hydrogens is 304 g/mol. The molecule has 116 valence electrons. The van der Waals surface area contributed by atoms with Crippen LogP contribution < -0.4 is 10.1 Å². The highest BCUT2D eigenvalue weighted by atomic mass is 32.1. The molecule has 1 heterocycles. The second-order valence-corrected chi connectivity index (χ2v) is 5.15. The third-order valence-corrected chi connectivity index (χ3v) is 3.76. The average molecular weight is 320 g/mol. The van der Waals surface area contributed by atoms with Crippen molar-refractivity contribution in [3.63, 3.8) is 0 Å². The van der Waals surface area contributed by atoms with Crippen LogP contribution in [0.15, 0.2) is 24.3 Å². The molecule has 22 heavy (non-hydrogen) atoms. The summed E-state index contributed by atoms with van der Waals surface area (Å²) in [5, 5.41) is 3.08. The van der Waals surface area contributed by atoms with E-state index in [0.717, 1.165) is 11.5 Å². The Bertz CT molecular complexity index is 697. The molecule has 0 bridgehead atoms. The fraction of sp³-hybridized carbons (Fsp3) is 0.267. The summed E-state index contributed by atoms with van der Waals surface area (Å²) in [6.45, 7) is 3.68. The summed E-state index contributed by atoms with van der Waals surface area (Å²) in [7, 11) is 1.53. The molecule has 6 nitrogen and oxygen atoms in total. The molecular formula is C15H16N2O4S. The minimum atomic E-state index is -0.491. The maximum atomic E-state index is 12.3.